The Labute approximate surface area is 120 Å². The van der Waals surface area contributed by atoms with E-state index in [1.54, 1.807) is 24.3 Å². The van der Waals surface area contributed by atoms with E-state index in [1.807, 2.05) is 6.92 Å². The molecule has 6 heteroatoms. The summed E-state index contributed by atoms with van der Waals surface area (Å²) in [6.07, 6.45) is 0. The Bertz CT molecular complexity index is 588. The van der Waals surface area contributed by atoms with Crippen LogP contribution in [0.2, 0.25) is 0 Å². The molecule has 0 fully saturated rings. The third-order valence-corrected chi connectivity index (χ3v) is 4.48. The Morgan fingerprint density at radius 1 is 1.40 bits per heavy atom. The number of benzene rings is 1. The molecule has 0 aliphatic rings. The van der Waals surface area contributed by atoms with Gasteiger partial charge in [-0.25, -0.2) is 8.42 Å². The Balaban J connectivity index is 2.91. The molecule has 0 unspecified atom stereocenters. The molecule has 0 atom stereocenters. The van der Waals surface area contributed by atoms with Crippen molar-refractivity contribution < 1.29 is 13.2 Å². The zero-order valence-electron chi connectivity index (χ0n) is 11.8. The van der Waals surface area contributed by atoms with Gasteiger partial charge in [-0.05, 0) is 25.1 Å². The molecule has 5 nitrogen and oxygen atoms in total. The summed E-state index contributed by atoms with van der Waals surface area (Å²) < 4.78 is 31.1. The minimum Gasteiger partial charge on any atom is -0.380 e. The lowest BCUT2D eigenvalue weighted by Crippen LogP contribution is -2.30. The van der Waals surface area contributed by atoms with E-state index in [0.29, 0.717) is 25.3 Å². The first-order valence-corrected chi connectivity index (χ1v) is 7.79. The van der Waals surface area contributed by atoms with Gasteiger partial charge < -0.3 is 10.5 Å². The Morgan fingerprint density at radius 2 is 2.15 bits per heavy atom. The quantitative estimate of drug-likeness (QED) is 0.618. The van der Waals surface area contributed by atoms with Gasteiger partial charge in [-0.2, -0.15) is 4.31 Å². The van der Waals surface area contributed by atoms with Gasteiger partial charge in [0, 0.05) is 25.8 Å². The predicted octanol–water partition coefficient (Wildman–Crippen LogP) is 0.654. The molecule has 0 spiro atoms. The molecule has 20 heavy (non-hydrogen) atoms. The molecule has 0 radical (unpaired) electrons. The lowest BCUT2D eigenvalue weighted by atomic mass is 10.2. The normalized spacial score (nSPS) is 11.2. The average molecular weight is 296 g/mol. The van der Waals surface area contributed by atoms with E-state index in [-0.39, 0.29) is 11.4 Å². The second-order valence-corrected chi connectivity index (χ2v) is 6.10. The molecule has 0 heterocycles. The highest BCUT2D eigenvalue weighted by atomic mass is 32.2. The van der Waals surface area contributed by atoms with Crippen LogP contribution in [0, 0.1) is 11.8 Å². The van der Waals surface area contributed by atoms with Crippen LogP contribution >= 0.6 is 0 Å². The van der Waals surface area contributed by atoms with Crippen LogP contribution in [-0.4, -0.2) is 46.1 Å². The van der Waals surface area contributed by atoms with Crippen LogP contribution in [0.4, 0.5) is 0 Å². The first-order valence-electron chi connectivity index (χ1n) is 6.35. The summed E-state index contributed by atoms with van der Waals surface area (Å²) in [5, 5.41) is 0. The van der Waals surface area contributed by atoms with Crippen LogP contribution in [0.3, 0.4) is 0 Å². The van der Waals surface area contributed by atoms with Gasteiger partial charge in [-0.15, -0.1) is 0 Å². The van der Waals surface area contributed by atoms with Gasteiger partial charge in [0.2, 0.25) is 10.0 Å². The maximum atomic E-state index is 12.3. The van der Waals surface area contributed by atoms with Crippen molar-refractivity contribution in [3.8, 4) is 11.8 Å². The number of ether oxygens (including phenoxy) is 1. The van der Waals surface area contributed by atoms with Crippen LogP contribution in [0.5, 0.6) is 0 Å². The Morgan fingerprint density at radius 3 is 2.80 bits per heavy atom. The third kappa shape index (κ3) is 4.62. The van der Waals surface area contributed by atoms with Crippen LogP contribution in [0.25, 0.3) is 0 Å². The number of likely N-dealkylation sites (N-methyl/N-ethyl adjacent to an activating group) is 1. The van der Waals surface area contributed by atoms with E-state index in [1.165, 1.54) is 11.4 Å². The molecule has 0 aliphatic carbocycles. The van der Waals surface area contributed by atoms with E-state index >= 15 is 0 Å². The highest BCUT2D eigenvalue weighted by molar-refractivity contribution is 7.89. The average Bonchev–Trinajstić information content (AvgIpc) is 2.45. The molecule has 0 saturated heterocycles. The zero-order valence-corrected chi connectivity index (χ0v) is 12.6. The number of hydrogen-bond acceptors (Lipinski definition) is 4. The zero-order chi connectivity index (χ0) is 15.0. The van der Waals surface area contributed by atoms with Crippen molar-refractivity contribution in [3.63, 3.8) is 0 Å². The van der Waals surface area contributed by atoms with Crippen LogP contribution < -0.4 is 5.73 Å². The van der Waals surface area contributed by atoms with Crippen molar-refractivity contribution in [1.29, 1.82) is 0 Å². The predicted molar refractivity (Wildman–Crippen MR) is 78.7 cm³/mol. The van der Waals surface area contributed by atoms with E-state index in [0.717, 1.165) is 0 Å². The second-order valence-electron chi connectivity index (χ2n) is 4.06. The van der Waals surface area contributed by atoms with Gasteiger partial charge in [0.1, 0.15) is 0 Å². The number of nitrogens with zero attached hydrogens (tertiary/aromatic N) is 1. The third-order valence-electron chi connectivity index (χ3n) is 2.63. The largest absolute Gasteiger partial charge is 0.380 e. The standard InChI is InChI=1S/C14H20N2O3S/c1-3-19-11-10-16(2)20(17,18)14-8-4-6-13(12-14)7-5-9-15/h4,6,8,12H,3,9-11,15H2,1-2H3. The molecule has 0 aliphatic heterocycles. The minimum atomic E-state index is -3.51. The monoisotopic (exact) mass is 296 g/mol. The highest BCUT2D eigenvalue weighted by Gasteiger charge is 2.20. The molecule has 0 amide bonds. The van der Waals surface area contributed by atoms with Gasteiger partial charge in [0.25, 0.3) is 0 Å². The van der Waals surface area contributed by atoms with Crippen molar-refractivity contribution >= 4 is 10.0 Å². The lowest BCUT2D eigenvalue weighted by molar-refractivity contribution is 0.138. The van der Waals surface area contributed by atoms with Crippen LogP contribution in [0.15, 0.2) is 29.2 Å². The summed E-state index contributed by atoms with van der Waals surface area (Å²) in [5.41, 5.74) is 5.94. The maximum Gasteiger partial charge on any atom is 0.242 e. The fourth-order valence-electron chi connectivity index (χ4n) is 1.52. The molecule has 0 bridgehead atoms. The lowest BCUT2D eigenvalue weighted by Gasteiger charge is -2.17. The number of sulfonamides is 1. The van der Waals surface area contributed by atoms with Gasteiger partial charge >= 0.3 is 0 Å². The molecule has 0 aromatic heterocycles. The first-order chi connectivity index (χ1) is 9.52. The molecular formula is C14H20N2O3S. The molecule has 2 N–H and O–H groups in total. The van der Waals surface area contributed by atoms with Crippen LogP contribution in [-0.2, 0) is 14.8 Å². The van der Waals surface area contributed by atoms with Gasteiger partial charge in [0.15, 0.2) is 0 Å². The molecule has 1 aromatic carbocycles. The van der Waals surface area contributed by atoms with E-state index < -0.39 is 10.0 Å². The summed E-state index contributed by atoms with van der Waals surface area (Å²) in [6.45, 7) is 3.37. The van der Waals surface area contributed by atoms with Gasteiger partial charge in [-0.1, -0.05) is 17.9 Å². The van der Waals surface area contributed by atoms with Crippen molar-refractivity contribution in [2.45, 2.75) is 11.8 Å². The number of rotatable bonds is 6. The summed E-state index contributed by atoms with van der Waals surface area (Å²) in [5.74, 6) is 5.53. The fourth-order valence-corrected chi connectivity index (χ4v) is 2.73. The second kappa shape index (κ2) is 8.02. The smallest absolute Gasteiger partial charge is 0.242 e. The number of nitrogens with two attached hydrogens (primary N) is 1. The van der Waals surface area contributed by atoms with E-state index in [4.69, 9.17) is 10.5 Å². The van der Waals surface area contributed by atoms with Crippen molar-refractivity contribution in [3.05, 3.63) is 29.8 Å². The Kier molecular flexibility index (Phi) is 6.68. The SMILES string of the molecule is CCOCCN(C)S(=O)(=O)c1cccc(C#CCN)c1. The molecule has 0 saturated carbocycles. The van der Waals surface area contributed by atoms with Crippen molar-refractivity contribution in [1.82, 2.24) is 4.31 Å². The topological polar surface area (TPSA) is 72.6 Å². The van der Waals surface area contributed by atoms with Crippen LogP contribution in [0.1, 0.15) is 12.5 Å². The summed E-state index contributed by atoms with van der Waals surface area (Å²) in [4.78, 5) is 0.223. The summed E-state index contributed by atoms with van der Waals surface area (Å²) in [7, 11) is -1.98. The first kappa shape index (κ1) is 16.7. The molecule has 110 valence electrons. The molecule has 1 rings (SSSR count). The van der Waals surface area contributed by atoms with Gasteiger partial charge in [0.05, 0.1) is 18.0 Å². The van der Waals surface area contributed by atoms with E-state index in [2.05, 4.69) is 11.8 Å². The Hall–Kier alpha value is -1.39. The van der Waals surface area contributed by atoms with Crippen molar-refractivity contribution in [2.24, 2.45) is 5.73 Å². The fraction of sp³-hybridized carbons (Fsp3) is 0.429. The summed E-state index contributed by atoms with van der Waals surface area (Å²) in [6, 6.07) is 6.53. The summed E-state index contributed by atoms with van der Waals surface area (Å²) >= 11 is 0. The van der Waals surface area contributed by atoms with Gasteiger partial charge in [-0.3, -0.25) is 0 Å². The highest BCUT2D eigenvalue weighted by Crippen LogP contribution is 2.15. The number of hydrogen-bond donors (Lipinski definition) is 1. The minimum absolute atomic E-state index is 0.223. The van der Waals surface area contributed by atoms with E-state index in [9.17, 15) is 8.42 Å². The van der Waals surface area contributed by atoms with Crippen molar-refractivity contribution in [2.75, 3.05) is 33.4 Å². The molecule has 1 aromatic rings. The molecular weight excluding hydrogens is 276 g/mol. The maximum absolute atomic E-state index is 12.3.